The van der Waals surface area contributed by atoms with Crippen LogP contribution in [0.1, 0.15) is 44.1 Å². The van der Waals surface area contributed by atoms with Gasteiger partial charge in [0.25, 0.3) is 5.92 Å². The number of nitrogens with two attached hydrogens (primary N) is 1. The van der Waals surface area contributed by atoms with Gasteiger partial charge in [0.1, 0.15) is 18.0 Å². The zero-order chi connectivity index (χ0) is 28.5. The molecule has 0 aromatic heterocycles. The van der Waals surface area contributed by atoms with E-state index in [0.29, 0.717) is 35.0 Å². The first-order chi connectivity index (χ1) is 19.0. The van der Waals surface area contributed by atoms with E-state index in [1.54, 1.807) is 18.2 Å². The van der Waals surface area contributed by atoms with Gasteiger partial charge in [-0.25, -0.2) is 8.42 Å². The van der Waals surface area contributed by atoms with Crippen molar-refractivity contribution in [3.05, 3.63) is 70.7 Å². The number of hydrogen-bond donors (Lipinski definition) is 3. The van der Waals surface area contributed by atoms with Crippen LogP contribution in [0.2, 0.25) is 0 Å². The first kappa shape index (κ1) is 29.3. The number of aliphatic hydroxyl groups is 1. The molecule has 1 saturated carbocycles. The highest BCUT2D eigenvalue weighted by molar-refractivity contribution is 9.10. The van der Waals surface area contributed by atoms with Gasteiger partial charge in [0.15, 0.2) is 0 Å². The summed E-state index contributed by atoms with van der Waals surface area (Å²) in [5.41, 5.74) is 5.61. The second-order valence-electron chi connectivity index (χ2n) is 10.7. The predicted molar refractivity (Wildman–Crippen MR) is 154 cm³/mol. The molecule has 216 valence electrons. The Bertz CT molecular complexity index is 1430. The zero-order valence-corrected chi connectivity index (χ0v) is 24.4. The monoisotopic (exact) mass is 637 g/mol. The summed E-state index contributed by atoms with van der Waals surface area (Å²) < 4.78 is 67.9. The van der Waals surface area contributed by atoms with Gasteiger partial charge in [-0.05, 0) is 85.7 Å². The maximum atomic E-state index is 16.0. The largest absolute Gasteiger partial charge is 0.490 e. The number of fused-ring (bicyclic) bond motifs is 1. The molecule has 3 atom stereocenters. The van der Waals surface area contributed by atoms with Crippen molar-refractivity contribution >= 4 is 36.7 Å². The molecule has 1 aliphatic heterocycles. The van der Waals surface area contributed by atoms with Crippen LogP contribution in [0.15, 0.2) is 70.0 Å². The maximum Gasteiger partial charge on any atom is 0.293 e. The quantitative estimate of drug-likeness (QED) is 0.301. The average molecular weight is 639 g/mol. The van der Waals surface area contributed by atoms with Crippen molar-refractivity contribution in [3.8, 4) is 5.75 Å². The van der Waals surface area contributed by atoms with E-state index in [-0.39, 0.29) is 23.6 Å². The van der Waals surface area contributed by atoms with Crippen LogP contribution < -0.4 is 15.2 Å². The molecule has 4 N–H and O–H groups in total. The molecule has 0 amide bonds. The molecule has 1 aliphatic carbocycles. The van der Waals surface area contributed by atoms with Crippen LogP contribution >= 0.6 is 15.9 Å². The third kappa shape index (κ3) is 6.50. The Balaban J connectivity index is 1.44. The zero-order valence-electron chi connectivity index (χ0n) is 22.0. The number of sulfonamides is 1. The minimum Gasteiger partial charge on any atom is -0.490 e. The molecule has 3 aromatic rings. The Labute approximate surface area is 241 Å². The van der Waals surface area contributed by atoms with Crippen molar-refractivity contribution in [1.82, 2.24) is 9.62 Å². The number of benzene rings is 3. The number of rotatable bonds is 9. The van der Waals surface area contributed by atoms with Gasteiger partial charge in [-0.2, -0.15) is 13.5 Å². The summed E-state index contributed by atoms with van der Waals surface area (Å²) in [6, 6.07) is 12.7. The molecule has 2 fully saturated rings. The van der Waals surface area contributed by atoms with Crippen molar-refractivity contribution in [3.63, 3.8) is 0 Å². The summed E-state index contributed by atoms with van der Waals surface area (Å²) in [5, 5.41) is 12.6. The molecule has 2 aliphatic rings. The molecular weight excluding hydrogens is 604 g/mol. The lowest BCUT2D eigenvalue weighted by Gasteiger charge is -2.40. The number of piperidine rings is 1. The normalized spacial score (nSPS) is 21.0. The van der Waals surface area contributed by atoms with Gasteiger partial charge in [-0.1, -0.05) is 40.2 Å². The summed E-state index contributed by atoms with van der Waals surface area (Å²) in [4.78, 5) is 1.24. The lowest BCUT2D eigenvalue weighted by molar-refractivity contribution is -0.127. The number of aliphatic hydroxyl groups excluding tert-OH is 1. The second kappa shape index (κ2) is 12.0. The first-order valence-electron chi connectivity index (χ1n) is 13.6. The van der Waals surface area contributed by atoms with E-state index < -0.39 is 33.8 Å². The number of nitrogens with zero attached hydrogens (tertiary/aromatic N) is 1. The van der Waals surface area contributed by atoms with Crippen LogP contribution in [0.25, 0.3) is 10.8 Å². The van der Waals surface area contributed by atoms with Crippen LogP contribution in [-0.4, -0.2) is 55.9 Å². The molecular formula is C29H34BrF2N3O4S. The number of alkyl halides is 2. The summed E-state index contributed by atoms with van der Waals surface area (Å²) in [6.45, 7) is 0.502. The van der Waals surface area contributed by atoms with Gasteiger partial charge in [0.2, 0.25) is 10.0 Å². The van der Waals surface area contributed by atoms with Gasteiger partial charge in [-0.3, -0.25) is 4.90 Å². The number of ether oxygens (including phenoxy) is 1. The topological polar surface area (TPSA) is 105 Å². The SMILES string of the molecule is N[C@H]1CCCN(C(O)[C@@H](NS(=O)(=O)c2ccc3cc(OC4CCCC4)ccc3c2)C(F)(F)c2ccc(Br)cc2)C1. The van der Waals surface area contributed by atoms with Crippen LogP contribution in [0.5, 0.6) is 5.75 Å². The fourth-order valence-electron chi connectivity index (χ4n) is 5.54. The van der Waals surface area contributed by atoms with E-state index >= 15 is 8.78 Å². The highest BCUT2D eigenvalue weighted by Crippen LogP contribution is 2.36. The summed E-state index contributed by atoms with van der Waals surface area (Å²) in [6.07, 6.45) is 4.01. The lowest BCUT2D eigenvalue weighted by atomic mass is 9.98. The molecule has 3 aromatic carbocycles. The Morgan fingerprint density at radius 1 is 1.00 bits per heavy atom. The van der Waals surface area contributed by atoms with Crippen LogP contribution in [0, 0.1) is 0 Å². The fraction of sp³-hybridized carbons (Fsp3) is 0.448. The van der Waals surface area contributed by atoms with Crippen LogP contribution in [0.4, 0.5) is 8.78 Å². The summed E-state index contributed by atoms with van der Waals surface area (Å²) >= 11 is 3.24. The van der Waals surface area contributed by atoms with E-state index in [0.717, 1.165) is 31.1 Å². The molecule has 0 radical (unpaired) electrons. The lowest BCUT2D eigenvalue weighted by Crippen LogP contribution is -2.61. The summed E-state index contributed by atoms with van der Waals surface area (Å²) in [5.74, 6) is -3.02. The first-order valence-corrected chi connectivity index (χ1v) is 15.8. The fourth-order valence-corrected chi connectivity index (χ4v) is 7.08. The Kier molecular flexibility index (Phi) is 8.80. The molecule has 0 bridgehead atoms. The Morgan fingerprint density at radius 3 is 2.38 bits per heavy atom. The van der Waals surface area contributed by atoms with Gasteiger partial charge in [-0.15, -0.1) is 0 Å². The molecule has 7 nitrogen and oxygen atoms in total. The van der Waals surface area contributed by atoms with Crippen LogP contribution in [-0.2, 0) is 15.9 Å². The van der Waals surface area contributed by atoms with Gasteiger partial charge in [0.05, 0.1) is 11.0 Å². The highest BCUT2D eigenvalue weighted by atomic mass is 79.9. The predicted octanol–water partition coefficient (Wildman–Crippen LogP) is 5.10. The van der Waals surface area contributed by atoms with Crippen molar-refractivity contribution < 1.29 is 27.0 Å². The standard InChI is InChI=1S/C29H34BrF2N3O4S/c30-22-11-9-21(10-12-22)29(31,32)27(28(36)35-15-3-4-23(33)18-35)34-40(37,38)26-14-8-19-16-25(13-7-20(19)17-26)39-24-5-1-2-6-24/h7-14,16-17,23-24,27-28,34,36H,1-6,15,18,33H2/t23-,27+,28?/m0/s1. The molecule has 11 heteroatoms. The number of halogens is 3. The van der Waals surface area contributed by atoms with E-state index in [1.165, 1.54) is 41.3 Å². The van der Waals surface area contributed by atoms with E-state index in [4.69, 9.17) is 10.5 Å². The molecule has 5 rings (SSSR count). The van der Waals surface area contributed by atoms with E-state index in [1.807, 2.05) is 6.07 Å². The molecule has 1 heterocycles. The van der Waals surface area contributed by atoms with Crippen molar-refractivity contribution in [2.45, 2.75) is 73.8 Å². The molecule has 1 saturated heterocycles. The Morgan fingerprint density at radius 2 is 1.68 bits per heavy atom. The highest BCUT2D eigenvalue weighted by Gasteiger charge is 2.49. The Hall–Kier alpha value is -2.15. The van der Waals surface area contributed by atoms with Gasteiger partial charge < -0.3 is 15.6 Å². The van der Waals surface area contributed by atoms with Crippen LogP contribution in [0.3, 0.4) is 0 Å². The second-order valence-corrected chi connectivity index (χ2v) is 13.4. The third-order valence-electron chi connectivity index (χ3n) is 7.76. The van der Waals surface area contributed by atoms with Gasteiger partial charge in [0, 0.05) is 29.2 Å². The average Bonchev–Trinajstić information content (AvgIpc) is 3.44. The summed E-state index contributed by atoms with van der Waals surface area (Å²) in [7, 11) is -4.46. The minimum absolute atomic E-state index is 0.177. The molecule has 1 unspecified atom stereocenters. The van der Waals surface area contributed by atoms with Gasteiger partial charge >= 0.3 is 0 Å². The maximum absolute atomic E-state index is 16.0. The van der Waals surface area contributed by atoms with Crippen molar-refractivity contribution in [2.24, 2.45) is 5.73 Å². The van der Waals surface area contributed by atoms with Crippen molar-refractivity contribution in [2.75, 3.05) is 13.1 Å². The van der Waals surface area contributed by atoms with E-state index in [2.05, 4.69) is 20.7 Å². The van der Waals surface area contributed by atoms with Crippen molar-refractivity contribution in [1.29, 1.82) is 0 Å². The third-order valence-corrected chi connectivity index (χ3v) is 9.73. The number of nitrogens with one attached hydrogen (secondary N) is 1. The number of likely N-dealkylation sites (tertiary alicyclic amines) is 1. The van der Waals surface area contributed by atoms with E-state index in [9.17, 15) is 13.5 Å². The number of hydrogen-bond acceptors (Lipinski definition) is 6. The smallest absolute Gasteiger partial charge is 0.293 e. The molecule has 40 heavy (non-hydrogen) atoms. The molecule has 0 spiro atoms. The minimum atomic E-state index is -4.46.